The Hall–Kier alpha value is -1.74. The first-order chi connectivity index (χ1) is 7.70. The summed E-state index contributed by atoms with van der Waals surface area (Å²) in [7, 11) is 1.35. The number of nitrogens with zero attached hydrogens (tertiary/aromatic N) is 1. The van der Waals surface area contributed by atoms with Gasteiger partial charge in [-0.15, -0.1) is 0 Å². The van der Waals surface area contributed by atoms with E-state index in [1.165, 1.54) is 7.11 Å². The molecule has 0 aliphatic rings. The molecule has 0 spiro atoms. The van der Waals surface area contributed by atoms with Crippen LogP contribution in [0.5, 0.6) is 0 Å². The van der Waals surface area contributed by atoms with Crippen LogP contribution in [0.4, 0.5) is 0 Å². The molecule has 0 aliphatic heterocycles. The summed E-state index contributed by atoms with van der Waals surface area (Å²) in [5.74, 6) is -0.393. The van der Waals surface area contributed by atoms with E-state index in [1.54, 1.807) is 18.2 Å². The SMILES string of the molecule is COC(=O)c1cc(Cl)cc(-n2cccc2)c1. The summed E-state index contributed by atoms with van der Waals surface area (Å²) in [4.78, 5) is 11.4. The Balaban J connectivity index is 2.48. The van der Waals surface area contributed by atoms with Gasteiger partial charge in [-0.1, -0.05) is 11.6 Å². The summed E-state index contributed by atoms with van der Waals surface area (Å²) < 4.78 is 6.53. The van der Waals surface area contributed by atoms with Crippen molar-refractivity contribution in [3.8, 4) is 5.69 Å². The van der Waals surface area contributed by atoms with Gasteiger partial charge in [-0.05, 0) is 30.3 Å². The number of hydrogen-bond acceptors (Lipinski definition) is 2. The molecule has 82 valence electrons. The van der Waals surface area contributed by atoms with Crippen molar-refractivity contribution in [2.24, 2.45) is 0 Å². The van der Waals surface area contributed by atoms with Gasteiger partial charge in [0.15, 0.2) is 0 Å². The van der Waals surface area contributed by atoms with Crippen LogP contribution in [0.25, 0.3) is 5.69 Å². The Bertz CT molecular complexity index is 506. The molecule has 2 aromatic rings. The maximum Gasteiger partial charge on any atom is 0.337 e. The summed E-state index contributed by atoms with van der Waals surface area (Å²) in [5, 5.41) is 0.506. The molecule has 0 saturated carbocycles. The minimum absolute atomic E-state index is 0.393. The van der Waals surface area contributed by atoms with Gasteiger partial charge in [-0.3, -0.25) is 0 Å². The maximum absolute atomic E-state index is 11.4. The lowest BCUT2D eigenvalue weighted by molar-refractivity contribution is 0.0600. The third kappa shape index (κ3) is 2.09. The predicted octanol–water partition coefficient (Wildman–Crippen LogP) is 2.92. The number of hydrogen-bond donors (Lipinski definition) is 0. The standard InChI is InChI=1S/C12H10ClNO2/c1-16-12(15)9-6-10(13)8-11(7-9)14-4-2-3-5-14/h2-8H,1H3. The topological polar surface area (TPSA) is 31.2 Å². The van der Waals surface area contributed by atoms with Crippen LogP contribution < -0.4 is 0 Å². The van der Waals surface area contributed by atoms with Crippen molar-refractivity contribution in [3.05, 3.63) is 53.3 Å². The summed E-state index contributed by atoms with van der Waals surface area (Å²) in [6.07, 6.45) is 3.76. The molecule has 0 amide bonds. The van der Waals surface area contributed by atoms with Crippen molar-refractivity contribution in [3.63, 3.8) is 0 Å². The molecule has 0 unspecified atom stereocenters. The zero-order valence-corrected chi connectivity index (χ0v) is 9.44. The second kappa shape index (κ2) is 4.41. The van der Waals surface area contributed by atoms with Gasteiger partial charge in [0, 0.05) is 23.1 Å². The summed E-state index contributed by atoms with van der Waals surface area (Å²) >= 11 is 5.95. The fourth-order valence-electron chi connectivity index (χ4n) is 1.47. The Morgan fingerprint density at radius 3 is 2.56 bits per heavy atom. The average Bonchev–Trinajstić information content (AvgIpc) is 2.80. The minimum Gasteiger partial charge on any atom is -0.465 e. The first kappa shape index (κ1) is 10.8. The summed E-state index contributed by atoms with van der Waals surface area (Å²) in [6.45, 7) is 0. The van der Waals surface area contributed by atoms with Crippen molar-refractivity contribution in [2.45, 2.75) is 0 Å². The molecule has 4 heteroatoms. The number of esters is 1. The number of halogens is 1. The van der Waals surface area contributed by atoms with Crippen LogP contribution in [0.1, 0.15) is 10.4 Å². The van der Waals surface area contributed by atoms with Gasteiger partial charge < -0.3 is 9.30 Å². The molecule has 1 aromatic carbocycles. The fraction of sp³-hybridized carbons (Fsp3) is 0.0833. The van der Waals surface area contributed by atoms with Crippen LogP contribution in [0.2, 0.25) is 5.02 Å². The number of ether oxygens (including phenoxy) is 1. The van der Waals surface area contributed by atoms with Crippen LogP contribution in [0.15, 0.2) is 42.7 Å². The number of rotatable bonds is 2. The monoisotopic (exact) mass is 235 g/mol. The highest BCUT2D eigenvalue weighted by Crippen LogP contribution is 2.19. The maximum atomic E-state index is 11.4. The van der Waals surface area contributed by atoms with Crippen molar-refractivity contribution < 1.29 is 9.53 Å². The molecule has 0 saturated heterocycles. The Labute approximate surface area is 98.2 Å². The molecule has 0 N–H and O–H groups in total. The van der Waals surface area contributed by atoms with E-state index in [-0.39, 0.29) is 0 Å². The second-order valence-electron chi connectivity index (χ2n) is 3.28. The molecule has 0 atom stereocenters. The first-order valence-corrected chi connectivity index (χ1v) is 5.11. The molecular weight excluding hydrogens is 226 g/mol. The largest absolute Gasteiger partial charge is 0.465 e. The van der Waals surface area contributed by atoms with Crippen LogP contribution in [-0.2, 0) is 4.74 Å². The van der Waals surface area contributed by atoms with E-state index in [2.05, 4.69) is 4.74 Å². The van der Waals surface area contributed by atoms with Crippen molar-refractivity contribution in [1.29, 1.82) is 0 Å². The van der Waals surface area contributed by atoms with Crippen LogP contribution in [-0.4, -0.2) is 17.6 Å². The van der Waals surface area contributed by atoms with Crippen molar-refractivity contribution in [1.82, 2.24) is 4.57 Å². The van der Waals surface area contributed by atoms with Gasteiger partial charge in [-0.2, -0.15) is 0 Å². The van der Waals surface area contributed by atoms with Crippen LogP contribution in [0, 0.1) is 0 Å². The molecule has 3 nitrogen and oxygen atoms in total. The number of methoxy groups -OCH3 is 1. The van der Waals surface area contributed by atoms with E-state index in [0.29, 0.717) is 10.6 Å². The molecule has 0 aliphatic carbocycles. The van der Waals surface area contributed by atoms with E-state index in [1.807, 2.05) is 29.1 Å². The van der Waals surface area contributed by atoms with Crippen LogP contribution in [0.3, 0.4) is 0 Å². The molecule has 2 rings (SSSR count). The first-order valence-electron chi connectivity index (χ1n) is 4.73. The van der Waals surface area contributed by atoms with Crippen LogP contribution >= 0.6 is 11.6 Å². The number of carbonyl (C=O) groups excluding carboxylic acids is 1. The number of carbonyl (C=O) groups is 1. The van der Waals surface area contributed by atoms with Crippen molar-refractivity contribution in [2.75, 3.05) is 7.11 Å². The lowest BCUT2D eigenvalue weighted by Crippen LogP contribution is -2.02. The van der Waals surface area contributed by atoms with E-state index >= 15 is 0 Å². The smallest absolute Gasteiger partial charge is 0.337 e. The molecular formula is C12H10ClNO2. The molecule has 1 aromatic heterocycles. The van der Waals surface area contributed by atoms with E-state index < -0.39 is 5.97 Å². The van der Waals surface area contributed by atoms with E-state index in [4.69, 9.17) is 11.6 Å². The minimum atomic E-state index is -0.393. The summed E-state index contributed by atoms with van der Waals surface area (Å²) in [6, 6.07) is 8.91. The molecule has 16 heavy (non-hydrogen) atoms. The van der Waals surface area contributed by atoms with Crippen molar-refractivity contribution >= 4 is 17.6 Å². The van der Waals surface area contributed by atoms with Gasteiger partial charge in [0.1, 0.15) is 0 Å². The lowest BCUT2D eigenvalue weighted by Gasteiger charge is -2.06. The van der Waals surface area contributed by atoms with Gasteiger partial charge in [0.2, 0.25) is 0 Å². The zero-order chi connectivity index (χ0) is 11.5. The molecule has 0 fully saturated rings. The number of aromatic nitrogens is 1. The Kier molecular flexibility index (Phi) is 2.97. The molecule has 1 heterocycles. The van der Waals surface area contributed by atoms with E-state index in [0.717, 1.165) is 5.69 Å². The lowest BCUT2D eigenvalue weighted by atomic mass is 10.2. The fourth-order valence-corrected chi connectivity index (χ4v) is 1.69. The van der Waals surface area contributed by atoms with E-state index in [9.17, 15) is 4.79 Å². The second-order valence-corrected chi connectivity index (χ2v) is 3.72. The Morgan fingerprint density at radius 1 is 1.25 bits per heavy atom. The zero-order valence-electron chi connectivity index (χ0n) is 8.68. The van der Waals surface area contributed by atoms with Gasteiger partial charge in [-0.25, -0.2) is 4.79 Å². The highest BCUT2D eigenvalue weighted by atomic mass is 35.5. The van der Waals surface area contributed by atoms with Gasteiger partial charge in [0.25, 0.3) is 0 Å². The van der Waals surface area contributed by atoms with Gasteiger partial charge in [0.05, 0.1) is 12.7 Å². The third-order valence-corrected chi connectivity index (χ3v) is 2.42. The highest BCUT2D eigenvalue weighted by Gasteiger charge is 2.08. The average molecular weight is 236 g/mol. The summed E-state index contributed by atoms with van der Waals surface area (Å²) in [5.41, 5.74) is 1.27. The molecule has 0 bridgehead atoms. The third-order valence-electron chi connectivity index (χ3n) is 2.21. The van der Waals surface area contributed by atoms with Gasteiger partial charge >= 0.3 is 5.97 Å². The molecule has 0 radical (unpaired) electrons. The normalized spacial score (nSPS) is 10.1. The Morgan fingerprint density at radius 2 is 1.94 bits per heavy atom. The number of benzene rings is 1. The highest BCUT2D eigenvalue weighted by molar-refractivity contribution is 6.31. The quantitative estimate of drug-likeness (QED) is 0.750. The predicted molar refractivity (Wildman–Crippen MR) is 62.1 cm³/mol.